The second-order valence-corrected chi connectivity index (χ2v) is 10.5. The number of methoxy groups -OCH3 is 1. The number of Topliss-reactive ketones (excluding diaryl/α,β-unsaturated/α-hetero) is 1. The third kappa shape index (κ3) is 1.80. The minimum Gasteiger partial charge on any atom is -0.486 e. The first-order valence-corrected chi connectivity index (χ1v) is 11.5. The molecule has 1 saturated heterocycles. The van der Waals surface area contributed by atoms with Crippen LogP contribution in [-0.2, 0) is 21.4 Å². The van der Waals surface area contributed by atoms with Gasteiger partial charge in [-0.15, -0.1) is 0 Å². The molecule has 6 aliphatic rings. The van der Waals surface area contributed by atoms with Crippen molar-refractivity contribution >= 4 is 5.78 Å². The smallest absolute Gasteiger partial charge is 0.139 e. The van der Waals surface area contributed by atoms with Gasteiger partial charge in [0.25, 0.3) is 0 Å². The van der Waals surface area contributed by atoms with Crippen LogP contribution in [0.2, 0.25) is 0 Å². The number of ether oxygens (including phenoxy) is 2. The largest absolute Gasteiger partial charge is 0.486 e. The molecule has 4 fully saturated rings. The first-order chi connectivity index (χ1) is 13.9. The Morgan fingerprint density at radius 1 is 1.31 bits per heavy atom. The summed E-state index contributed by atoms with van der Waals surface area (Å²) in [4.78, 5) is 16.0. The molecular weight excluding hydrogens is 362 g/mol. The van der Waals surface area contributed by atoms with Gasteiger partial charge in [0.15, 0.2) is 0 Å². The number of likely N-dealkylation sites (N-methyl/N-ethyl adjacent to an activating group) is 1. The molecule has 1 aromatic carbocycles. The number of likely N-dealkylation sites (tertiary alicyclic amines) is 1. The lowest BCUT2D eigenvalue weighted by Crippen LogP contribution is -2.81. The minimum absolute atomic E-state index is 0.0103. The average molecular weight is 396 g/mol. The molecule has 6 atom stereocenters. The van der Waals surface area contributed by atoms with E-state index in [-0.39, 0.29) is 22.9 Å². The summed E-state index contributed by atoms with van der Waals surface area (Å²) < 4.78 is 13.3. The molecule has 0 amide bonds. The zero-order valence-corrected chi connectivity index (χ0v) is 18.2. The fourth-order valence-electron chi connectivity index (χ4n) is 8.62. The Hall–Kier alpha value is -1.39. The molecule has 4 heteroatoms. The van der Waals surface area contributed by atoms with Crippen molar-refractivity contribution in [3.8, 4) is 5.75 Å². The monoisotopic (exact) mass is 395 g/mol. The quantitative estimate of drug-likeness (QED) is 0.777. The molecule has 0 N–H and O–H groups in total. The molecule has 1 aromatic rings. The van der Waals surface area contributed by atoms with Gasteiger partial charge >= 0.3 is 0 Å². The summed E-state index contributed by atoms with van der Waals surface area (Å²) in [6.45, 7) is 5.39. The molecule has 0 radical (unpaired) electrons. The van der Waals surface area contributed by atoms with Gasteiger partial charge in [-0.25, -0.2) is 0 Å². The van der Waals surface area contributed by atoms with Gasteiger partial charge in [-0.05, 0) is 70.2 Å². The van der Waals surface area contributed by atoms with Crippen LogP contribution in [0.5, 0.6) is 5.75 Å². The highest BCUT2D eigenvalue weighted by molar-refractivity contribution is 5.83. The van der Waals surface area contributed by atoms with Gasteiger partial charge in [0.2, 0.25) is 0 Å². The van der Waals surface area contributed by atoms with Crippen molar-refractivity contribution in [1.82, 2.24) is 4.90 Å². The van der Waals surface area contributed by atoms with Crippen LogP contribution in [0.1, 0.15) is 62.1 Å². The maximum Gasteiger partial charge on any atom is 0.139 e. The molecule has 2 spiro atoms. The van der Waals surface area contributed by atoms with Crippen molar-refractivity contribution in [2.45, 2.75) is 82.0 Å². The molecule has 2 heterocycles. The van der Waals surface area contributed by atoms with Crippen LogP contribution >= 0.6 is 0 Å². The van der Waals surface area contributed by atoms with E-state index in [2.05, 4.69) is 37.9 Å². The van der Waals surface area contributed by atoms with E-state index in [0.717, 1.165) is 50.8 Å². The number of carbonyl (C=O) groups is 1. The molecule has 4 nitrogen and oxygen atoms in total. The lowest BCUT2D eigenvalue weighted by molar-refractivity contribution is -0.270. The topological polar surface area (TPSA) is 38.8 Å². The van der Waals surface area contributed by atoms with Crippen LogP contribution in [0.3, 0.4) is 0 Å². The normalized spacial score (nSPS) is 43.8. The molecule has 4 aliphatic carbocycles. The summed E-state index contributed by atoms with van der Waals surface area (Å²) >= 11 is 0. The Balaban J connectivity index is 1.64. The van der Waals surface area contributed by atoms with Crippen molar-refractivity contribution in [3.63, 3.8) is 0 Å². The van der Waals surface area contributed by atoms with E-state index in [0.29, 0.717) is 18.2 Å². The number of benzene rings is 1. The lowest BCUT2D eigenvalue weighted by atomic mass is 9.34. The van der Waals surface area contributed by atoms with Gasteiger partial charge in [0.05, 0.1) is 5.92 Å². The minimum atomic E-state index is -0.478. The fourth-order valence-corrected chi connectivity index (χ4v) is 8.62. The lowest BCUT2D eigenvalue weighted by Gasteiger charge is -2.73. The molecule has 7 rings (SSSR count). The standard InChI is InChI=1S/C25H33NO3/c1-5-6-18(27)17-14-23-9-10-25(17,28-4)22-24(23)11-12-26(3)19(23)13-16-8-7-15(2)21(29-22)20(16)24/h7-8,17,19,22H,5-6,9-14H2,1-4H3/t17?,19-,22-,23-,24+,25+/m1/s1. The molecule has 2 aliphatic heterocycles. The maximum absolute atomic E-state index is 13.4. The van der Waals surface area contributed by atoms with Gasteiger partial charge < -0.3 is 14.4 Å². The van der Waals surface area contributed by atoms with E-state index >= 15 is 0 Å². The van der Waals surface area contributed by atoms with Crippen molar-refractivity contribution in [2.24, 2.45) is 11.3 Å². The number of nitrogens with zero attached hydrogens (tertiary/aromatic N) is 1. The number of piperidine rings is 1. The van der Waals surface area contributed by atoms with Crippen molar-refractivity contribution in [3.05, 3.63) is 28.8 Å². The molecule has 156 valence electrons. The van der Waals surface area contributed by atoms with E-state index in [4.69, 9.17) is 9.47 Å². The Morgan fingerprint density at radius 3 is 2.90 bits per heavy atom. The van der Waals surface area contributed by atoms with Crippen molar-refractivity contribution < 1.29 is 14.3 Å². The van der Waals surface area contributed by atoms with Crippen molar-refractivity contribution in [1.29, 1.82) is 0 Å². The summed E-state index contributed by atoms with van der Waals surface area (Å²) in [5.74, 6) is 1.47. The Morgan fingerprint density at radius 2 is 2.14 bits per heavy atom. The van der Waals surface area contributed by atoms with Gasteiger partial charge in [0, 0.05) is 36.0 Å². The molecular formula is C25H33NO3. The van der Waals surface area contributed by atoms with Crippen LogP contribution < -0.4 is 4.74 Å². The highest BCUT2D eigenvalue weighted by Gasteiger charge is 2.80. The molecule has 29 heavy (non-hydrogen) atoms. The number of ketones is 1. The zero-order valence-electron chi connectivity index (χ0n) is 18.2. The fraction of sp³-hybridized carbons (Fsp3) is 0.720. The van der Waals surface area contributed by atoms with E-state index in [1.807, 2.05) is 7.11 Å². The van der Waals surface area contributed by atoms with Crippen LogP contribution in [0.15, 0.2) is 12.1 Å². The predicted molar refractivity (Wildman–Crippen MR) is 111 cm³/mol. The second kappa shape index (κ2) is 5.64. The van der Waals surface area contributed by atoms with Gasteiger partial charge in [-0.2, -0.15) is 0 Å². The first-order valence-electron chi connectivity index (χ1n) is 11.5. The average Bonchev–Trinajstić information content (AvgIpc) is 3.09. The van der Waals surface area contributed by atoms with E-state index < -0.39 is 5.60 Å². The number of carbonyl (C=O) groups excluding carboxylic acids is 1. The van der Waals surface area contributed by atoms with Gasteiger partial charge in [0.1, 0.15) is 23.2 Å². The summed E-state index contributed by atoms with van der Waals surface area (Å²) in [5, 5.41) is 0. The molecule has 0 aromatic heterocycles. The SMILES string of the molecule is CCCC(=O)C1C[C@@]23CC[C@@]1(OC)[C@@H]1Oc4c(C)ccc5c4[C@@]12CCN(C)[C@@H]3C5. The summed E-state index contributed by atoms with van der Waals surface area (Å²) in [6, 6.07) is 5.08. The van der Waals surface area contributed by atoms with E-state index in [1.54, 1.807) is 0 Å². The predicted octanol–water partition coefficient (Wildman–Crippen LogP) is 3.81. The number of fused-ring (bicyclic) bond motifs is 2. The number of aryl methyl sites for hydroxylation is 1. The third-order valence-corrected chi connectivity index (χ3v) is 9.73. The van der Waals surface area contributed by atoms with E-state index in [1.165, 1.54) is 16.7 Å². The number of rotatable bonds is 4. The van der Waals surface area contributed by atoms with Crippen LogP contribution in [0, 0.1) is 18.3 Å². The third-order valence-electron chi connectivity index (χ3n) is 9.73. The Bertz CT molecular complexity index is 912. The Labute approximate surface area is 173 Å². The van der Waals surface area contributed by atoms with Crippen molar-refractivity contribution in [2.75, 3.05) is 20.7 Å². The van der Waals surface area contributed by atoms with Crippen LogP contribution in [0.25, 0.3) is 0 Å². The molecule has 1 unspecified atom stereocenters. The highest BCUT2D eigenvalue weighted by atomic mass is 16.6. The summed E-state index contributed by atoms with van der Waals surface area (Å²) in [7, 11) is 4.13. The summed E-state index contributed by atoms with van der Waals surface area (Å²) in [6.07, 6.45) is 6.82. The molecule has 3 saturated carbocycles. The zero-order chi connectivity index (χ0) is 20.2. The number of hydrogen-bond donors (Lipinski definition) is 0. The Kier molecular flexibility index (Phi) is 3.58. The molecule has 4 bridgehead atoms. The highest BCUT2D eigenvalue weighted by Crippen LogP contribution is 2.76. The van der Waals surface area contributed by atoms with E-state index in [9.17, 15) is 4.79 Å². The first kappa shape index (κ1) is 18.4. The van der Waals surface area contributed by atoms with Gasteiger partial charge in [-0.1, -0.05) is 19.1 Å². The number of hydrogen-bond acceptors (Lipinski definition) is 4. The maximum atomic E-state index is 13.4. The van der Waals surface area contributed by atoms with Gasteiger partial charge in [-0.3, -0.25) is 4.79 Å². The van der Waals surface area contributed by atoms with Crippen LogP contribution in [0.4, 0.5) is 0 Å². The summed E-state index contributed by atoms with van der Waals surface area (Å²) in [5.41, 5.74) is 3.87. The van der Waals surface area contributed by atoms with Crippen LogP contribution in [-0.4, -0.2) is 49.1 Å². The second-order valence-electron chi connectivity index (χ2n) is 10.5.